The largest absolute Gasteiger partial charge is 0.438 e. The Hall–Kier alpha value is -2.15. The molecule has 7 nitrogen and oxygen atoms in total. The van der Waals surface area contributed by atoms with Gasteiger partial charge in [0.15, 0.2) is 6.39 Å². The summed E-state index contributed by atoms with van der Waals surface area (Å²) in [5.74, 6) is 0.0591. The number of H-pyrrole nitrogens is 1. The molecule has 3 rings (SSSR count). The minimum absolute atomic E-state index is 0.172. The lowest BCUT2D eigenvalue weighted by Gasteiger charge is -2.34. The van der Waals surface area contributed by atoms with Gasteiger partial charge in [-0.25, -0.2) is 4.98 Å². The molecule has 0 spiro atoms. The van der Waals surface area contributed by atoms with Crippen molar-refractivity contribution in [3.63, 3.8) is 0 Å². The molecule has 1 amide bonds. The predicted molar refractivity (Wildman–Crippen MR) is 64.4 cm³/mol. The topological polar surface area (TPSA) is 84.2 Å². The molecule has 1 atom stereocenters. The van der Waals surface area contributed by atoms with Crippen LogP contribution in [-0.4, -0.2) is 45.7 Å². The zero-order valence-corrected chi connectivity index (χ0v) is 10.5. The number of oxazole rings is 1. The van der Waals surface area contributed by atoms with Gasteiger partial charge in [0.1, 0.15) is 0 Å². The van der Waals surface area contributed by atoms with E-state index in [1.807, 2.05) is 6.92 Å². The summed E-state index contributed by atoms with van der Waals surface area (Å²) < 4.78 is 10.5. The number of amides is 1. The third-order valence-corrected chi connectivity index (χ3v) is 3.23. The zero-order chi connectivity index (χ0) is 13.2. The van der Waals surface area contributed by atoms with Gasteiger partial charge in [-0.3, -0.25) is 9.89 Å². The minimum atomic E-state index is -0.181. The molecule has 0 aromatic carbocycles. The van der Waals surface area contributed by atoms with Crippen molar-refractivity contribution < 1.29 is 13.9 Å². The first-order valence-electron chi connectivity index (χ1n) is 6.04. The number of aryl methyl sites for hydroxylation is 1. The predicted octanol–water partition coefficient (Wildman–Crippen LogP) is 0.920. The van der Waals surface area contributed by atoms with Crippen molar-refractivity contribution in [2.45, 2.75) is 13.0 Å². The number of aromatic nitrogens is 3. The van der Waals surface area contributed by atoms with E-state index < -0.39 is 0 Å². The molecule has 0 radical (unpaired) electrons. The maximum Gasteiger partial charge on any atom is 0.292 e. The average molecular weight is 262 g/mol. The van der Waals surface area contributed by atoms with Crippen LogP contribution in [0.3, 0.4) is 0 Å². The second-order valence-corrected chi connectivity index (χ2v) is 4.42. The standard InChI is InChI=1S/C12H14N4O3/c1-8-4-14-15-11(8)9-6-18-3-2-16(9)12(17)10-5-13-7-19-10/h4-5,7,9H,2-3,6H2,1H3,(H,14,15). The Bertz CT molecular complexity index is 563. The fraction of sp³-hybridized carbons (Fsp3) is 0.417. The zero-order valence-electron chi connectivity index (χ0n) is 10.5. The second kappa shape index (κ2) is 4.85. The number of carbonyl (C=O) groups excluding carboxylic acids is 1. The molecule has 1 aliphatic rings. The van der Waals surface area contributed by atoms with Gasteiger partial charge in [0.2, 0.25) is 5.76 Å². The molecule has 1 unspecified atom stereocenters. The molecule has 0 bridgehead atoms. The van der Waals surface area contributed by atoms with E-state index in [-0.39, 0.29) is 17.7 Å². The van der Waals surface area contributed by atoms with E-state index in [2.05, 4.69) is 15.2 Å². The fourth-order valence-corrected chi connectivity index (χ4v) is 2.24. The molecule has 0 saturated carbocycles. The fourth-order valence-electron chi connectivity index (χ4n) is 2.24. The summed E-state index contributed by atoms with van der Waals surface area (Å²) >= 11 is 0. The molecule has 1 fully saturated rings. The van der Waals surface area contributed by atoms with Crippen LogP contribution >= 0.6 is 0 Å². The van der Waals surface area contributed by atoms with Crippen LogP contribution in [0.1, 0.15) is 27.9 Å². The van der Waals surface area contributed by atoms with Gasteiger partial charge in [0, 0.05) is 6.54 Å². The summed E-state index contributed by atoms with van der Waals surface area (Å²) in [5, 5.41) is 6.93. The van der Waals surface area contributed by atoms with Gasteiger partial charge in [-0.1, -0.05) is 0 Å². The van der Waals surface area contributed by atoms with Gasteiger partial charge < -0.3 is 14.1 Å². The van der Waals surface area contributed by atoms with Crippen molar-refractivity contribution in [1.82, 2.24) is 20.1 Å². The van der Waals surface area contributed by atoms with E-state index in [0.717, 1.165) is 11.3 Å². The molecular weight excluding hydrogens is 248 g/mol. The van der Waals surface area contributed by atoms with Crippen molar-refractivity contribution in [2.75, 3.05) is 19.8 Å². The third kappa shape index (κ3) is 2.12. The number of carbonyl (C=O) groups is 1. The van der Waals surface area contributed by atoms with Gasteiger partial charge in [-0.05, 0) is 12.5 Å². The Kier molecular flexibility index (Phi) is 3.04. The summed E-state index contributed by atoms with van der Waals surface area (Å²) in [6.45, 7) is 3.43. The number of aromatic amines is 1. The SMILES string of the molecule is Cc1cn[nH]c1C1COCCN1C(=O)c1cnco1. The van der Waals surface area contributed by atoms with E-state index in [1.165, 1.54) is 12.6 Å². The van der Waals surface area contributed by atoms with E-state index in [4.69, 9.17) is 9.15 Å². The van der Waals surface area contributed by atoms with Crippen molar-refractivity contribution in [3.05, 3.63) is 35.8 Å². The lowest BCUT2D eigenvalue weighted by atomic mass is 10.1. The number of rotatable bonds is 2. The van der Waals surface area contributed by atoms with Crippen LogP contribution in [-0.2, 0) is 4.74 Å². The first-order chi connectivity index (χ1) is 9.27. The molecule has 100 valence electrons. The molecule has 1 aliphatic heterocycles. The molecule has 1 N–H and O–H groups in total. The molecule has 2 aromatic rings. The maximum atomic E-state index is 12.4. The van der Waals surface area contributed by atoms with Gasteiger partial charge in [0.05, 0.1) is 37.3 Å². The highest BCUT2D eigenvalue weighted by atomic mass is 16.5. The van der Waals surface area contributed by atoms with Crippen LogP contribution in [0.15, 0.2) is 23.2 Å². The third-order valence-electron chi connectivity index (χ3n) is 3.23. The van der Waals surface area contributed by atoms with Crippen molar-refractivity contribution >= 4 is 5.91 Å². The maximum absolute atomic E-state index is 12.4. The number of morpholine rings is 1. The van der Waals surface area contributed by atoms with Crippen molar-refractivity contribution in [2.24, 2.45) is 0 Å². The summed E-state index contributed by atoms with van der Waals surface area (Å²) in [7, 11) is 0. The van der Waals surface area contributed by atoms with E-state index in [9.17, 15) is 4.79 Å². The highest BCUT2D eigenvalue weighted by Crippen LogP contribution is 2.26. The Labute approximate surface area is 109 Å². The minimum Gasteiger partial charge on any atom is -0.438 e. The summed E-state index contributed by atoms with van der Waals surface area (Å²) in [6.07, 6.45) is 4.42. The van der Waals surface area contributed by atoms with Gasteiger partial charge in [-0.15, -0.1) is 0 Å². The van der Waals surface area contributed by atoms with Crippen LogP contribution in [0.4, 0.5) is 0 Å². The van der Waals surface area contributed by atoms with Gasteiger partial charge in [0.25, 0.3) is 5.91 Å². The Balaban J connectivity index is 1.90. The summed E-state index contributed by atoms with van der Waals surface area (Å²) in [4.78, 5) is 17.9. The highest BCUT2D eigenvalue weighted by Gasteiger charge is 2.32. The van der Waals surface area contributed by atoms with Gasteiger partial charge in [-0.2, -0.15) is 5.10 Å². The number of hydrogen-bond acceptors (Lipinski definition) is 5. The van der Waals surface area contributed by atoms with E-state index >= 15 is 0 Å². The molecule has 0 aliphatic carbocycles. The van der Waals surface area contributed by atoms with Crippen molar-refractivity contribution in [1.29, 1.82) is 0 Å². The quantitative estimate of drug-likeness (QED) is 0.870. The lowest BCUT2D eigenvalue weighted by molar-refractivity contribution is -0.00561. The smallest absolute Gasteiger partial charge is 0.292 e. The van der Waals surface area contributed by atoms with Crippen LogP contribution in [0.25, 0.3) is 0 Å². The second-order valence-electron chi connectivity index (χ2n) is 4.42. The first kappa shape index (κ1) is 11.9. The lowest BCUT2D eigenvalue weighted by Crippen LogP contribution is -2.43. The number of nitrogens with one attached hydrogen (secondary N) is 1. The molecule has 1 saturated heterocycles. The Morgan fingerprint density at radius 2 is 2.42 bits per heavy atom. The van der Waals surface area contributed by atoms with E-state index in [1.54, 1.807) is 11.1 Å². The van der Waals surface area contributed by atoms with Gasteiger partial charge >= 0.3 is 0 Å². The molecule has 7 heteroatoms. The first-order valence-corrected chi connectivity index (χ1v) is 6.04. The molecule has 19 heavy (non-hydrogen) atoms. The molecular formula is C12H14N4O3. The molecule has 2 aromatic heterocycles. The van der Waals surface area contributed by atoms with Crippen LogP contribution in [0, 0.1) is 6.92 Å². The monoisotopic (exact) mass is 262 g/mol. The normalized spacial score (nSPS) is 19.6. The number of hydrogen-bond donors (Lipinski definition) is 1. The van der Waals surface area contributed by atoms with E-state index in [0.29, 0.717) is 19.8 Å². The van der Waals surface area contributed by atoms with Crippen LogP contribution in [0.2, 0.25) is 0 Å². The average Bonchev–Trinajstić information content (AvgIpc) is 3.09. The van der Waals surface area contributed by atoms with Crippen LogP contribution < -0.4 is 0 Å². The van der Waals surface area contributed by atoms with Crippen molar-refractivity contribution in [3.8, 4) is 0 Å². The Morgan fingerprint density at radius 3 is 3.11 bits per heavy atom. The highest BCUT2D eigenvalue weighted by molar-refractivity contribution is 5.91. The Morgan fingerprint density at radius 1 is 1.53 bits per heavy atom. The van der Waals surface area contributed by atoms with Crippen LogP contribution in [0.5, 0.6) is 0 Å². The summed E-state index contributed by atoms with van der Waals surface area (Å²) in [6, 6.07) is -0.172. The summed E-state index contributed by atoms with van der Waals surface area (Å²) in [5.41, 5.74) is 1.90. The number of nitrogens with zero attached hydrogens (tertiary/aromatic N) is 3. The number of ether oxygens (including phenoxy) is 1. The molecule has 3 heterocycles.